The van der Waals surface area contributed by atoms with E-state index in [0.717, 1.165) is 25.8 Å². The number of nitrogens with one attached hydrogen (secondary N) is 1. The van der Waals surface area contributed by atoms with Crippen LogP contribution in [-0.4, -0.2) is 23.7 Å². The first-order valence-electron chi connectivity index (χ1n) is 8.32. The molecule has 1 atom stereocenters. The molecule has 1 aliphatic rings. The summed E-state index contributed by atoms with van der Waals surface area (Å²) in [6.45, 7) is 6.09. The lowest BCUT2D eigenvalue weighted by molar-refractivity contribution is -0.144. The Morgan fingerprint density at radius 1 is 1.38 bits per heavy atom. The third-order valence-electron chi connectivity index (χ3n) is 4.08. The van der Waals surface area contributed by atoms with Crippen LogP contribution in [0.25, 0.3) is 0 Å². The van der Waals surface area contributed by atoms with E-state index in [9.17, 15) is 4.79 Å². The molecule has 1 unspecified atom stereocenters. The number of esters is 1. The number of nitrogens with zero attached hydrogens (tertiary/aromatic N) is 1. The molecule has 0 spiro atoms. The quantitative estimate of drug-likeness (QED) is 0.477. The van der Waals surface area contributed by atoms with Gasteiger partial charge in [0.1, 0.15) is 6.54 Å². The number of unbranched alkanes of at least 4 members (excludes halogenated alkanes) is 1. The largest absolute Gasteiger partial charge is 0.464 e. The van der Waals surface area contributed by atoms with Gasteiger partial charge in [0.05, 0.1) is 6.61 Å². The zero-order valence-corrected chi connectivity index (χ0v) is 13.4. The molecule has 1 aromatic heterocycles. The van der Waals surface area contributed by atoms with E-state index in [1.54, 1.807) is 0 Å². The molecule has 0 bridgehead atoms. The molecule has 0 fully saturated rings. The van der Waals surface area contributed by atoms with E-state index in [1.165, 1.54) is 30.4 Å². The predicted molar refractivity (Wildman–Crippen MR) is 84.3 cm³/mol. The Kier molecular flexibility index (Phi) is 6.30. The fourth-order valence-corrected chi connectivity index (χ4v) is 2.99. The molecule has 4 heteroatoms. The Hall–Kier alpha value is -1.29. The van der Waals surface area contributed by atoms with E-state index in [-0.39, 0.29) is 5.97 Å². The molecule has 1 aromatic rings. The summed E-state index contributed by atoms with van der Waals surface area (Å²) >= 11 is 0. The first-order valence-corrected chi connectivity index (χ1v) is 8.32. The maximum absolute atomic E-state index is 11.8. The lowest BCUT2D eigenvalue weighted by Crippen LogP contribution is -2.20. The van der Waals surface area contributed by atoms with Crippen LogP contribution in [0.2, 0.25) is 0 Å². The van der Waals surface area contributed by atoms with Crippen molar-refractivity contribution in [1.29, 1.82) is 0 Å². The zero-order chi connectivity index (χ0) is 15.1. The summed E-state index contributed by atoms with van der Waals surface area (Å²) in [5.41, 5.74) is 2.76. The highest BCUT2D eigenvalue weighted by Crippen LogP contribution is 2.29. The van der Waals surface area contributed by atoms with Gasteiger partial charge in [-0.2, -0.15) is 0 Å². The molecular formula is C17H28N2O2. The number of fused-ring (bicyclic) bond motifs is 1. The average molecular weight is 292 g/mol. The van der Waals surface area contributed by atoms with Crippen molar-refractivity contribution in [1.82, 2.24) is 9.88 Å². The number of carbonyl (C=O) groups is 1. The Morgan fingerprint density at radius 2 is 2.24 bits per heavy atom. The Balaban J connectivity index is 1.99. The molecule has 1 N–H and O–H groups in total. The van der Waals surface area contributed by atoms with Gasteiger partial charge in [-0.15, -0.1) is 0 Å². The van der Waals surface area contributed by atoms with Crippen LogP contribution < -0.4 is 5.32 Å². The van der Waals surface area contributed by atoms with Crippen molar-refractivity contribution in [2.75, 3.05) is 13.2 Å². The summed E-state index contributed by atoms with van der Waals surface area (Å²) in [5.74, 6) is -0.131. The third-order valence-corrected chi connectivity index (χ3v) is 4.08. The fraction of sp³-hybridized carbons (Fsp3) is 0.706. The zero-order valence-electron chi connectivity index (χ0n) is 13.4. The van der Waals surface area contributed by atoms with E-state index in [0.29, 0.717) is 19.2 Å². The van der Waals surface area contributed by atoms with Gasteiger partial charge in [0.25, 0.3) is 0 Å². The molecule has 0 saturated carbocycles. The lowest BCUT2D eigenvalue weighted by atomic mass is 10.0. The highest BCUT2D eigenvalue weighted by molar-refractivity contribution is 5.69. The number of rotatable bonds is 7. The minimum atomic E-state index is -0.131. The van der Waals surface area contributed by atoms with Crippen molar-refractivity contribution in [2.24, 2.45) is 0 Å². The molecule has 0 radical (unpaired) electrons. The molecule has 4 nitrogen and oxygen atoms in total. The number of hydrogen-bond acceptors (Lipinski definition) is 3. The van der Waals surface area contributed by atoms with Crippen LogP contribution in [0.1, 0.15) is 63.1 Å². The van der Waals surface area contributed by atoms with Gasteiger partial charge in [0.2, 0.25) is 0 Å². The minimum Gasteiger partial charge on any atom is -0.464 e. The molecule has 0 amide bonds. The second-order valence-corrected chi connectivity index (χ2v) is 5.84. The van der Waals surface area contributed by atoms with Crippen molar-refractivity contribution in [2.45, 2.75) is 65.0 Å². The van der Waals surface area contributed by atoms with Gasteiger partial charge >= 0.3 is 5.97 Å². The first-order chi connectivity index (χ1) is 10.2. The monoisotopic (exact) mass is 292 g/mol. The maximum atomic E-state index is 11.8. The van der Waals surface area contributed by atoms with E-state index in [2.05, 4.69) is 31.6 Å². The summed E-state index contributed by atoms with van der Waals surface area (Å²) < 4.78 is 7.24. The number of hydrogen-bond donors (Lipinski definition) is 1. The normalized spacial score (nSPS) is 18.1. The lowest BCUT2D eigenvalue weighted by Gasteiger charge is -2.15. The maximum Gasteiger partial charge on any atom is 0.325 e. The van der Waals surface area contributed by atoms with Crippen molar-refractivity contribution < 1.29 is 9.53 Å². The number of carbonyl (C=O) groups excluding carboxylic acids is 1. The van der Waals surface area contributed by atoms with Crippen LogP contribution in [0.5, 0.6) is 0 Å². The molecule has 0 saturated heterocycles. The second-order valence-electron chi connectivity index (χ2n) is 5.84. The van der Waals surface area contributed by atoms with E-state index in [1.807, 2.05) is 4.57 Å². The van der Waals surface area contributed by atoms with Gasteiger partial charge in [-0.1, -0.05) is 26.7 Å². The van der Waals surface area contributed by atoms with E-state index in [4.69, 9.17) is 4.74 Å². The van der Waals surface area contributed by atoms with Crippen molar-refractivity contribution in [3.8, 4) is 0 Å². The molecule has 0 aliphatic heterocycles. The summed E-state index contributed by atoms with van der Waals surface area (Å²) in [6.07, 6.45) is 11.1. The van der Waals surface area contributed by atoms with E-state index < -0.39 is 0 Å². The van der Waals surface area contributed by atoms with Gasteiger partial charge in [-0.25, -0.2) is 0 Å². The number of aromatic nitrogens is 1. The van der Waals surface area contributed by atoms with Crippen LogP contribution in [-0.2, 0) is 22.5 Å². The van der Waals surface area contributed by atoms with Crippen LogP contribution >= 0.6 is 0 Å². The average Bonchev–Trinajstić information content (AvgIpc) is 2.76. The van der Waals surface area contributed by atoms with Gasteiger partial charge in [0.15, 0.2) is 0 Å². The summed E-state index contributed by atoms with van der Waals surface area (Å²) in [7, 11) is 0. The summed E-state index contributed by atoms with van der Waals surface area (Å²) in [6, 6.07) is 0.435. The Bertz CT molecular complexity index is 454. The molecule has 118 valence electrons. The van der Waals surface area contributed by atoms with Gasteiger partial charge in [-0.05, 0) is 43.4 Å². The number of ether oxygens (including phenoxy) is 1. The van der Waals surface area contributed by atoms with Crippen LogP contribution in [0.3, 0.4) is 0 Å². The fourth-order valence-electron chi connectivity index (χ4n) is 2.99. The summed E-state index contributed by atoms with van der Waals surface area (Å²) in [5, 5.41) is 3.56. The van der Waals surface area contributed by atoms with Crippen LogP contribution in [0.4, 0.5) is 0 Å². The molecule has 1 heterocycles. The molecule has 21 heavy (non-hydrogen) atoms. The topological polar surface area (TPSA) is 43.3 Å². The van der Waals surface area contributed by atoms with Crippen molar-refractivity contribution in [3.63, 3.8) is 0 Å². The van der Waals surface area contributed by atoms with Gasteiger partial charge < -0.3 is 14.6 Å². The Labute approximate surface area is 127 Å². The SMILES string of the molecule is CCCCOC(=O)Cn1cc2c(c1)C(NCC)CCCC2. The van der Waals surface area contributed by atoms with Gasteiger partial charge in [-0.3, -0.25) is 4.79 Å². The standard InChI is InChI=1S/C17H28N2O2/c1-3-5-10-21-17(20)13-19-11-14-8-6-7-9-16(18-4-2)15(14)12-19/h11-12,16,18H,3-10,13H2,1-2H3. The third kappa shape index (κ3) is 4.60. The molecule has 0 aromatic carbocycles. The number of aryl methyl sites for hydroxylation is 1. The van der Waals surface area contributed by atoms with E-state index >= 15 is 0 Å². The van der Waals surface area contributed by atoms with Crippen molar-refractivity contribution >= 4 is 5.97 Å². The Morgan fingerprint density at radius 3 is 3.00 bits per heavy atom. The molecule has 1 aliphatic carbocycles. The van der Waals surface area contributed by atoms with Crippen LogP contribution in [0.15, 0.2) is 12.4 Å². The first kappa shape index (κ1) is 16.1. The minimum absolute atomic E-state index is 0.131. The molecular weight excluding hydrogens is 264 g/mol. The smallest absolute Gasteiger partial charge is 0.325 e. The van der Waals surface area contributed by atoms with Crippen molar-refractivity contribution in [3.05, 3.63) is 23.5 Å². The second kappa shape index (κ2) is 8.23. The predicted octanol–water partition coefficient (Wildman–Crippen LogP) is 3.21. The highest BCUT2D eigenvalue weighted by atomic mass is 16.5. The van der Waals surface area contributed by atoms with Crippen LogP contribution in [0, 0.1) is 0 Å². The molecule has 2 rings (SSSR count). The van der Waals surface area contributed by atoms with Gasteiger partial charge in [0, 0.05) is 18.4 Å². The highest BCUT2D eigenvalue weighted by Gasteiger charge is 2.20. The summed E-state index contributed by atoms with van der Waals surface area (Å²) in [4.78, 5) is 11.8.